The quantitative estimate of drug-likeness (QED) is 0.527. The molecular weight excluding hydrogens is 214 g/mol. The zero-order chi connectivity index (χ0) is 12.3. The highest BCUT2D eigenvalue weighted by Crippen LogP contribution is 2.20. The Bertz CT molecular complexity index is 282. The van der Waals surface area contributed by atoms with Gasteiger partial charge in [-0.15, -0.1) is 0 Å². The fraction of sp³-hybridized carbons (Fsp3) is 1.00. The van der Waals surface area contributed by atoms with Gasteiger partial charge in [0, 0.05) is 19.1 Å². The second kappa shape index (κ2) is 5.25. The van der Waals surface area contributed by atoms with Crippen LogP contribution in [0.15, 0.2) is 0 Å². The van der Waals surface area contributed by atoms with E-state index in [-0.39, 0.29) is 11.5 Å². The first-order valence-corrected chi connectivity index (χ1v) is 6.89. The number of nitrogens with one attached hydrogen (secondary N) is 1. The highest BCUT2D eigenvalue weighted by molar-refractivity contribution is 7.88. The van der Waals surface area contributed by atoms with E-state index in [1.165, 1.54) is 10.6 Å². The second-order valence-electron chi connectivity index (χ2n) is 4.80. The van der Waals surface area contributed by atoms with Crippen molar-refractivity contribution in [3.05, 3.63) is 0 Å². The first kappa shape index (κ1) is 14.8. The average Bonchev–Trinajstić information content (AvgIpc) is 2.01. The summed E-state index contributed by atoms with van der Waals surface area (Å²) in [5.41, 5.74) is 2.60. The molecule has 15 heavy (non-hydrogen) atoms. The molecule has 0 heterocycles. The molecular formula is C9H23N3O2S. The minimum atomic E-state index is -3.14. The lowest BCUT2D eigenvalue weighted by molar-refractivity contribution is 0.229. The number of hydrogen-bond acceptors (Lipinski definition) is 4. The molecule has 0 unspecified atom stereocenters. The summed E-state index contributed by atoms with van der Waals surface area (Å²) in [6.45, 7) is 8.74. The van der Waals surface area contributed by atoms with Gasteiger partial charge in [0.1, 0.15) is 0 Å². The Labute approximate surface area is 93.0 Å². The van der Waals surface area contributed by atoms with Crippen LogP contribution in [0.5, 0.6) is 0 Å². The summed E-state index contributed by atoms with van der Waals surface area (Å²) in [6, 6.07) is -0.0628. The monoisotopic (exact) mass is 237 g/mol. The Balaban J connectivity index is 4.67. The van der Waals surface area contributed by atoms with Crippen LogP contribution < -0.4 is 11.3 Å². The maximum Gasteiger partial charge on any atom is 0.211 e. The van der Waals surface area contributed by atoms with E-state index in [0.29, 0.717) is 13.1 Å². The number of sulfonamides is 1. The smallest absolute Gasteiger partial charge is 0.211 e. The molecule has 0 aliphatic heterocycles. The van der Waals surface area contributed by atoms with E-state index in [1.807, 2.05) is 27.7 Å². The molecule has 1 atom stereocenters. The van der Waals surface area contributed by atoms with Gasteiger partial charge in [-0.1, -0.05) is 27.7 Å². The Morgan fingerprint density at radius 2 is 1.87 bits per heavy atom. The van der Waals surface area contributed by atoms with Gasteiger partial charge in [-0.25, -0.2) is 12.7 Å². The van der Waals surface area contributed by atoms with Crippen LogP contribution in [0.4, 0.5) is 0 Å². The van der Waals surface area contributed by atoms with Crippen molar-refractivity contribution in [2.24, 2.45) is 11.3 Å². The van der Waals surface area contributed by atoms with Gasteiger partial charge in [0.05, 0.1) is 6.26 Å². The molecule has 0 spiro atoms. The Kier molecular flexibility index (Phi) is 5.19. The van der Waals surface area contributed by atoms with Crippen molar-refractivity contribution >= 4 is 10.0 Å². The molecule has 0 amide bonds. The van der Waals surface area contributed by atoms with Crippen molar-refractivity contribution in [3.63, 3.8) is 0 Å². The molecule has 5 nitrogen and oxygen atoms in total. The van der Waals surface area contributed by atoms with E-state index in [4.69, 9.17) is 5.84 Å². The molecule has 0 aromatic heterocycles. The van der Waals surface area contributed by atoms with Crippen LogP contribution in [0.1, 0.15) is 27.7 Å². The molecule has 92 valence electrons. The normalized spacial score (nSPS) is 15.7. The summed E-state index contributed by atoms with van der Waals surface area (Å²) >= 11 is 0. The van der Waals surface area contributed by atoms with E-state index in [9.17, 15) is 8.42 Å². The predicted octanol–water partition coefficient (Wildman–Crippen LogP) is 0.146. The molecule has 0 fully saturated rings. The number of nitrogens with two attached hydrogens (primary N) is 1. The maximum absolute atomic E-state index is 11.4. The van der Waals surface area contributed by atoms with Crippen molar-refractivity contribution in [1.29, 1.82) is 0 Å². The van der Waals surface area contributed by atoms with E-state index in [2.05, 4.69) is 5.43 Å². The van der Waals surface area contributed by atoms with Crippen LogP contribution in [-0.4, -0.2) is 38.1 Å². The minimum absolute atomic E-state index is 0.0628. The van der Waals surface area contributed by atoms with Gasteiger partial charge in [0.25, 0.3) is 0 Å². The summed E-state index contributed by atoms with van der Waals surface area (Å²) in [7, 11) is -3.14. The molecule has 0 saturated carbocycles. The first-order chi connectivity index (χ1) is 6.62. The van der Waals surface area contributed by atoms with Crippen molar-refractivity contribution in [1.82, 2.24) is 9.73 Å². The number of likely N-dealkylation sites (N-methyl/N-ethyl adjacent to an activating group) is 1. The van der Waals surface area contributed by atoms with Gasteiger partial charge in [-0.3, -0.25) is 11.3 Å². The topological polar surface area (TPSA) is 75.4 Å². The van der Waals surface area contributed by atoms with Crippen LogP contribution in [0.2, 0.25) is 0 Å². The summed E-state index contributed by atoms with van der Waals surface area (Å²) in [5, 5.41) is 0. The van der Waals surface area contributed by atoms with Gasteiger partial charge < -0.3 is 0 Å². The van der Waals surface area contributed by atoms with Crippen LogP contribution >= 0.6 is 0 Å². The van der Waals surface area contributed by atoms with Gasteiger partial charge >= 0.3 is 0 Å². The van der Waals surface area contributed by atoms with Gasteiger partial charge in [0.15, 0.2) is 0 Å². The van der Waals surface area contributed by atoms with E-state index >= 15 is 0 Å². The fourth-order valence-corrected chi connectivity index (χ4v) is 2.17. The third-order valence-electron chi connectivity index (χ3n) is 2.45. The Morgan fingerprint density at radius 1 is 1.40 bits per heavy atom. The lowest BCUT2D eigenvalue weighted by Gasteiger charge is -2.33. The highest BCUT2D eigenvalue weighted by atomic mass is 32.2. The fourth-order valence-electron chi connectivity index (χ4n) is 1.28. The van der Waals surface area contributed by atoms with Crippen LogP contribution in [0.25, 0.3) is 0 Å². The number of hydrogen-bond donors (Lipinski definition) is 2. The van der Waals surface area contributed by atoms with Crippen LogP contribution in [0.3, 0.4) is 0 Å². The molecule has 0 rings (SSSR count). The summed E-state index contributed by atoms with van der Waals surface area (Å²) in [6.07, 6.45) is 1.22. The minimum Gasteiger partial charge on any atom is -0.271 e. The average molecular weight is 237 g/mol. The van der Waals surface area contributed by atoms with E-state index < -0.39 is 10.0 Å². The number of rotatable bonds is 5. The third kappa shape index (κ3) is 4.92. The highest BCUT2D eigenvalue weighted by Gasteiger charge is 2.28. The van der Waals surface area contributed by atoms with Crippen LogP contribution in [0, 0.1) is 5.41 Å². The summed E-state index contributed by atoms with van der Waals surface area (Å²) in [5.74, 6) is 5.43. The lowest BCUT2D eigenvalue weighted by atomic mass is 9.87. The second-order valence-corrected chi connectivity index (χ2v) is 6.78. The largest absolute Gasteiger partial charge is 0.271 e. The zero-order valence-corrected chi connectivity index (χ0v) is 11.1. The lowest BCUT2D eigenvalue weighted by Crippen LogP contribution is -2.52. The van der Waals surface area contributed by atoms with Crippen molar-refractivity contribution in [3.8, 4) is 0 Å². The first-order valence-electron chi connectivity index (χ1n) is 5.04. The molecule has 0 aromatic carbocycles. The molecule has 0 radical (unpaired) electrons. The van der Waals surface area contributed by atoms with Gasteiger partial charge in [-0.05, 0) is 5.41 Å². The van der Waals surface area contributed by atoms with Crippen molar-refractivity contribution in [2.45, 2.75) is 33.7 Å². The summed E-state index contributed by atoms with van der Waals surface area (Å²) in [4.78, 5) is 0. The summed E-state index contributed by atoms with van der Waals surface area (Å²) < 4.78 is 24.2. The van der Waals surface area contributed by atoms with Crippen molar-refractivity contribution in [2.75, 3.05) is 19.3 Å². The van der Waals surface area contributed by atoms with Crippen molar-refractivity contribution < 1.29 is 8.42 Å². The molecule has 0 aromatic rings. The standard InChI is InChI=1S/C9H23N3O2S/c1-6-12(15(5,13)14)7-8(11-10)9(2,3)4/h8,11H,6-7,10H2,1-5H3/t8-/m1/s1. The van der Waals surface area contributed by atoms with Gasteiger partial charge in [-0.2, -0.15) is 0 Å². The predicted molar refractivity (Wildman–Crippen MR) is 62.7 cm³/mol. The van der Waals surface area contributed by atoms with Crippen LogP contribution in [-0.2, 0) is 10.0 Å². The maximum atomic E-state index is 11.4. The van der Waals surface area contributed by atoms with E-state index in [0.717, 1.165) is 0 Å². The molecule has 0 bridgehead atoms. The third-order valence-corrected chi connectivity index (χ3v) is 3.80. The molecule has 3 N–H and O–H groups in total. The van der Waals surface area contributed by atoms with Gasteiger partial charge in [0.2, 0.25) is 10.0 Å². The molecule has 6 heteroatoms. The number of hydrazine groups is 1. The van der Waals surface area contributed by atoms with E-state index in [1.54, 1.807) is 0 Å². The number of nitrogens with zero attached hydrogens (tertiary/aromatic N) is 1. The Hall–Kier alpha value is -0.170. The molecule has 0 saturated heterocycles. The molecule has 0 aliphatic carbocycles. The zero-order valence-electron chi connectivity index (χ0n) is 10.2. The SMILES string of the molecule is CCN(C[C@@H](NN)C(C)(C)C)S(C)(=O)=O. The Morgan fingerprint density at radius 3 is 2.07 bits per heavy atom. The molecule has 0 aliphatic rings.